The van der Waals surface area contributed by atoms with Gasteiger partial charge in [-0.15, -0.1) is 11.3 Å². The molecule has 0 amide bonds. The third-order valence-corrected chi connectivity index (χ3v) is 6.39. The molecule has 0 fully saturated rings. The third kappa shape index (κ3) is 4.28. The van der Waals surface area contributed by atoms with E-state index in [0.717, 1.165) is 6.42 Å². The Hall–Kier alpha value is -0.430. The maximum absolute atomic E-state index is 12.3. The summed E-state index contributed by atoms with van der Waals surface area (Å²) >= 11 is 1.18. The lowest BCUT2D eigenvalue weighted by Crippen LogP contribution is -2.51. The predicted octanol–water partition coefficient (Wildman–Crippen LogP) is 2.85. The molecular weight excluding hydrogens is 294 g/mol. The largest absolute Gasteiger partial charge is 0.391 e. The lowest BCUT2D eigenvalue weighted by atomic mass is 9.80. The number of aliphatic hydroxyl groups excluding tert-OH is 1. The Bertz CT molecular complexity index is 503. The van der Waals surface area contributed by atoms with E-state index in [2.05, 4.69) is 4.72 Å². The molecule has 2 N–H and O–H groups in total. The highest BCUT2D eigenvalue weighted by molar-refractivity contribution is 7.91. The Balaban J connectivity index is 3.03. The first-order valence-corrected chi connectivity index (χ1v) is 9.19. The number of sulfonamides is 1. The van der Waals surface area contributed by atoms with Crippen LogP contribution in [0.3, 0.4) is 0 Å². The summed E-state index contributed by atoms with van der Waals surface area (Å²) in [5, 5.41) is 12.2. The van der Waals surface area contributed by atoms with Crippen molar-refractivity contribution in [2.24, 2.45) is 11.3 Å². The van der Waals surface area contributed by atoms with E-state index in [1.54, 1.807) is 17.5 Å². The van der Waals surface area contributed by atoms with Crippen molar-refractivity contribution in [2.75, 3.05) is 0 Å². The molecule has 1 aromatic rings. The molecule has 116 valence electrons. The molecule has 0 saturated heterocycles. The minimum atomic E-state index is -3.57. The molecule has 0 radical (unpaired) electrons. The predicted molar refractivity (Wildman–Crippen MR) is 83.3 cm³/mol. The molecule has 1 aromatic heterocycles. The minimum absolute atomic E-state index is 0.0546. The number of thiophene rings is 1. The smallest absolute Gasteiger partial charge is 0.250 e. The number of hydrogen-bond acceptors (Lipinski definition) is 4. The molecule has 0 saturated carbocycles. The van der Waals surface area contributed by atoms with Crippen LogP contribution in [0, 0.1) is 11.3 Å². The summed E-state index contributed by atoms with van der Waals surface area (Å²) < 4.78 is 27.7. The quantitative estimate of drug-likeness (QED) is 0.847. The van der Waals surface area contributed by atoms with Crippen LogP contribution >= 0.6 is 11.3 Å². The molecule has 0 aliphatic carbocycles. The van der Waals surface area contributed by atoms with E-state index in [1.165, 1.54) is 11.3 Å². The van der Waals surface area contributed by atoms with Crippen molar-refractivity contribution < 1.29 is 13.5 Å². The van der Waals surface area contributed by atoms with Crippen molar-refractivity contribution in [3.63, 3.8) is 0 Å². The Kier molecular flexibility index (Phi) is 5.78. The van der Waals surface area contributed by atoms with Gasteiger partial charge in [0.25, 0.3) is 0 Å². The van der Waals surface area contributed by atoms with Gasteiger partial charge in [-0.2, -0.15) is 0 Å². The average Bonchev–Trinajstić information content (AvgIpc) is 2.87. The maximum Gasteiger partial charge on any atom is 0.250 e. The minimum Gasteiger partial charge on any atom is -0.391 e. The van der Waals surface area contributed by atoms with Crippen molar-refractivity contribution in [1.82, 2.24) is 4.72 Å². The second kappa shape index (κ2) is 6.56. The van der Waals surface area contributed by atoms with E-state index in [9.17, 15) is 13.5 Å². The second-order valence-electron chi connectivity index (χ2n) is 6.28. The zero-order valence-corrected chi connectivity index (χ0v) is 14.4. The van der Waals surface area contributed by atoms with Gasteiger partial charge >= 0.3 is 0 Å². The monoisotopic (exact) mass is 319 g/mol. The van der Waals surface area contributed by atoms with Gasteiger partial charge in [0.15, 0.2) is 0 Å². The Morgan fingerprint density at radius 1 is 1.40 bits per heavy atom. The average molecular weight is 319 g/mol. The summed E-state index contributed by atoms with van der Waals surface area (Å²) in [6.07, 6.45) is 0.0531. The molecular formula is C14H25NO3S2. The van der Waals surface area contributed by atoms with Crippen LogP contribution in [0.25, 0.3) is 0 Å². The molecule has 0 aliphatic heterocycles. The first-order chi connectivity index (χ1) is 9.09. The first-order valence-electron chi connectivity index (χ1n) is 6.83. The molecule has 0 aromatic carbocycles. The lowest BCUT2D eigenvalue weighted by molar-refractivity contribution is 0.0191. The van der Waals surface area contributed by atoms with Gasteiger partial charge < -0.3 is 5.11 Å². The summed E-state index contributed by atoms with van der Waals surface area (Å²) in [5.74, 6) is 0.0546. The summed E-state index contributed by atoms with van der Waals surface area (Å²) in [5.41, 5.74) is -0.383. The van der Waals surface area contributed by atoms with Crippen molar-refractivity contribution in [3.05, 3.63) is 17.5 Å². The molecule has 4 nitrogen and oxygen atoms in total. The number of rotatable bonds is 6. The highest BCUT2D eigenvalue weighted by Gasteiger charge is 2.36. The Morgan fingerprint density at radius 2 is 2.00 bits per heavy atom. The van der Waals surface area contributed by atoms with Gasteiger partial charge in [-0.1, -0.05) is 47.1 Å². The van der Waals surface area contributed by atoms with Crippen LogP contribution in [0.2, 0.25) is 0 Å². The molecule has 1 heterocycles. The lowest BCUT2D eigenvalue weighted by Gasteiger charge is -2.36. The maximum atomic E-state index is 12.3. The number of nitrogens with one attached hydrogen (secondary N) is 1. The summed E-state index contributed by atoms with van der Waals surface area (Å²) in [6, 6.07) is 2.79. The molecule has 0 aliphatic rings. The van der Waals surface area contributed by atoms with E-state index in [0.29, 0.717) is 0 Å². The van der Waals surface area contributed by atoms with Gasteiger partial charge in [0.2, 0.25) is 10.0 Å². The van der Waals surface area contributed by atoms with E-state index < -0.39 is 22.2 Å². The van der Waals surface area contributed by atoms with Crippen LogP contribution in [0.15, 0.2) is 21.7 Å². The van der Waals surface area contributed by atoms with Crippen LogP contribution in [0.1, 0.15) is 41.0 Å². The molecule has 6 heteroatoms. The van der Waals surface area contributed by atoms with E-state index in [1.807, 2.05) is 34.6 Å². The molecule has 0 bridgehead atoms. The fourth-order valence-corrected chi connectivity index (χ4v) is 4.30. The van der Waals surface area contributed by atoms with Crippen molar-refractivity contribution >= 4 is 21.4 Å². The molecule has 1 rings (SSSR count). The third-order valence-electron chi connectivity index (χ3n) is 3.54. The van der Waals surface area contributed by atoms with E-state index in [4.69, 9.17) is 0 Å². The van der Waals surface area contributed by atoms with E-state index >= 15 is 0 Å². The summed E-state index contributed by atoms with van der Waals surface area (Å²) in [6.45, 7) is 9.68. The van der Waals surface area contributed by atoms with Crippen LogP contribution in [0.5, 0.6) is 0 Å². The van der Waals surface area contributed by atoms with Crippen molar-refractivity contribution in [2.45, 2.75) is 57.4 Å². The van der Waals surface area contributed by atoms with Gasteiger partial charge in [-0.05, 0) is 22.8 Å². The summed E-state index contributed by atoms with van der Waals surface area (Å²) in [7, 11) is -3.57. The number of aliphatic hydroxyl groups is 1. The zero-order chi connectivity index (χ0) is 15.6. The van der Waals surface area contributed by atoms with Crippen LogP contribution in [-0.2, 0) is 10.0 Å². The highest BCUT2D eigenvalue weighted by atomic mass is 32.2. The van der Waals surface area contributed by atoms with Crippen molar-refractivity contribution in [1.29, 1.82) is 0 Å². The van der Waals surface area contributed by atoms with Crippen LogP contribution in [0.4, 0.5) is 0 Å². The normalized spacial score (nSPS) is 17.7. The van der Waals surface area contributed by atoms with Gasteiger partial charge in [0, 0.05) is 0 Å². The Labute approximate surface area is 126 Å². The number of hydrogen-bond donors (Lipinski definition) is 2. The summed E-state index contributed by atoms with van der Waals surface area (Å²) in [4.78, 5) is 0. The first kappa shape index (κ1) is 17.6. The zero-order valence-electron chi connectivity index (χ0n) is 12.8. The fraction of sp³-hybridized carbons (Fsp3) is 0.714. The van der Waals surface area contributed by atoms with Gasteiger partial charge in [-0.25, -0.2) is 13.1 Å². The highest BCUT2D eigenvalue weighted by Crippen LogP contribution is 2.28. The molecule has 2 unspecified atom stereocenters. The standard InChI is InChI=1S/C14H25NO3S2/c1-6-10(2)12(13(16)14(3,4)5)15-20(17,18)11-8-7-9-19-11/h7-10,12-13,15-16H,6H2,1-5H3/t10-,12?,13?/m0/s1. The van der Waals surface area contributed by atoms with Gasteiger partial charge in [0.1, 0.15) is 4.21 Å². The van der Waals surface area contributed by atoms with Crippen LogP contribution in [-0.4, -0.2) is 25.7 Å². The Morgan fingerprint density at radius 3 is 2.40 bits per heavy atom. The molecule has 0 spiro atoms. The topological polar surface area (TPSA) is 66.4 Å². The van der Waals surface area contributed by atoms with Gasteiger partial charge in [-0.3, -0.25) is 0 Å². The van der Waals surface area contributed by atoms with E-state index in [-0.39, 0.29) is 15.5 Å². The van der Waals surface area contributed by atoms with Crippen molar-refractivity contribution in [3.8, 4) is 0 Å². The van der Waals surface area contributed by atoms with Crippen LogP contribution < -0.4 is 4.72 Å². The molecule has 20 heavy (non-hydrogen) atoms. The molecule has 3 atom stereocenters. The SMILES string of the molecule is CC[C@H](C)C(NS(=O)(=O)c1cccs1)C(O)C(C)(C)C. The fourth-order valence-electron chi connectivity index (χ4n) is 1.94. The van der Waals surface area contributed by atoms with Gasteiger partial charge in [0.05, 0.1) is 12.1 Å². The second-order valence-corrected chi connectivity index (χ2v) is 9.16.